The third kappa shape index (κ3) is 5.87. The molecule has 0 bridgehead atoms. The van der Waals surface area contributed by atoms with Crippen molar-refractivity contribution >= 4 is 0 Å². The summed E-state index contributed by atoms with van der Waals surface area (Å²) in [6.07, 6.45) is -3.36. The lowest BCUT2D eigenvalue weighted by atomic mass is 9.88. The number of nitrogens with one attached hydrogen (secondary N) is 1. The second-order valence-electron chi connectivity index (χ2n) is 3.59. The summed E-state index contributed by atoms with van der Waals surface area (Å²) < 4.78 is 35.2. The van der Waals surface area contributed by atoms with Gasteiger partial charge in [-0.25, -0.2) is 0 Å². The summed E-state index contributed by atoms with van der Waals surface area (Å²) in [6, 6.07) is 0. The van der Waals surface area contributed by atoms with Crippen molar-refractivity contribution < 1.29 is 13.2 Å². The molecule has 3 N–H and O–H groups in total. The average Bonchev–Trinajstić information content (AvgIpc) is 2.02. The monoisotopic (exact) mass is 198 g/mol. The molecule has 0 aliphatic carbocycles. The summed E-state index contributed by atoms with van der Waals surface area (Å²) in [6.45, 7) is 3.55. The Morgan fingerprint density at radius 3 is 2.08 bits per heavy atom. The Hall–Kier alpha value is -0.290. The van der Waals surface area contributed by atoms with Crippen LogP contribution >= 0.6 is 0 Å². The minimum absolute atomic E-state index is 0.231. The summed E-state index contributed by atoms with van der Waals surface area (Å²) in [5.41, 5.74) is 5.22. The number of nitrogens with two attached hydrogens (primary N) is 1. The number of hydrogen-bond acceptors (Lipinski definition) is 2. The van der Waals surface area contributed by atoms with Crippen LogP contribution in [0.1, 0.15) is 20.3 Å². The number of halogens is 3. The van der Waals surface area contributed by atoms with Crippen LogP contribution in [0.2, 0.25) is 0 Å². The minimum Gasteiger partial charge on any atom is -0.330 e. The zero-order valence-corrected chi connectivity index (χ0v) is 8.04. The normalized spacial score (nSPS) is 17.1. The van der Waals surface area contributed by atoms with Gasteiger partial charge in [-0.2, -0.15) is 13.2 Å². The quantitative estimate of drug-likeness (QED) is 0.702. The first-order valence-corrected chi connectivity index (χ1v) is 4.30. The molecular weight excluding hydrogens is 181 g/mol. The summed E-state index contributed by atoms with van der Waals surface area (Å²) >= 11 is 0. The van der Waals surface area contributed by atoms with Crippen LogP contribution in [0.3, 0.4) is 0 Å². The molecule has 0 radical (unpaired) electrons. The van der Waals surface area contributed by atoms with Gasteiger partial charge < -0.3 is 11.1 Å². The Bertz CT molecular complexity index is 141. The van der Waals surface area contributed by atoms with E-state index in [1.54, 1.807) is 0 Å². The van der Waals surface area contributed by atoms with Crippen LogP contribution in [0.25, 0.3) is 0 Å². The molecule has 5 heteroatoms. The molecule has 0 heterocycles. The van der Waals surface area contributed by atoms with Crippen molar-refractivity contribution in [2.24, 2.45) is 11.1 Å². The van der Waals surface area contributed by atoms with Gasteiger partial charge in [-0.3, -0.25) is 0 Å². The molecule has 0 spiro atoms. The maximum Gasteiger partial charge on any atom is 0.401 e. The molecule has 0 aromatic rings. The molecule has 2 nitrogen and oxygen atoms in total. The lowest BCUT2D eigenvalue weighted by molar-refractivity contribution is -0.125. The SMILES string of the molecule is CCC(C)(CN)CNCC(F)(F)F. The van der Waals surface area contributed by atoms with E-state index in [-0.39, 0.29) is 5.41 Å². The van der Waals surface area contributed by atoms with Crippen LogP contribution in [-0.2, 0) is 0 Å². The van der Waals surface area contributed by atoms with Gasteiger partial charge in [-0.1, -0.05) is 13.8 Å². The van der Waals surface area contributed by atoms with E-state index in [2.05, 4.69) is 5.32 Å². The summed E-state index contributed by atoms with van der Waals surface area (Å²) in [5.74, 6) is 0. The van der Waals surface area contributed by atoms with Crippen LogP contribution < -0.4 is 11.1 Å². The van der Waals surface area contributed by atoms with Crippen molar-refractivity contribution in [2.75, 3.05) is 19.6 Å². The minimum atomic E-state index is -4.14. The van der Waals surface area contributed by atoms with Crippen LogP contribution in [0.15, 0.2) is 0 Å². The number of hydrogen-bond donors (Lipinski definition) is 2. The highest BCUT2D eigenvalue weighted by Crippen LogP contribution is 2.18. The molecule has 0 aromatic carbocycles. The van der Waals surface area contributed by atoms with Gasteiger partial charge >= 0.3 is 6.18 Å². The maximum atomic E-state index is 11.7. The van der Waals surface area contributed by atoms with Crippen LogP contribution in [-0.4, -0.2) is 25.8 Å². The molecule has 0 fully saturated rings. The highest BCUT2D eigenvalue weighted by atomic mass is 19.4. The molecule has 1 unspecified atom stereocenters. The molecule has 1 atom stereocenters. The second kappa shape index (κ2) is 4.81. The van der Waals surface area contributed by atoms with E-state index in [0.29, 0.717) is 13.1 Å². The number of alkyl halides is 3. The van der Waals surface area contributed by atoms with Crippen molar-refractivity contribution in [3.63, 3.8) is 0 Å². The van der Waals surface area contributed by atoms with Gasteiger partial charge in [0.25, 0.3) is 0 Å². The van der Waals surface area contributed by atoms with E-state index in [9.17, 15) is 13.2 Å². The Morgan fingerprint density at radius 2 is 1.77 bits per heavy atom. The molecule has 0 aliphatic heterocycles. The largest absolute Gasteiger partial charge is 0.401 e. The summed E-state index contributed by atoms with van der Waals surface area (Å²) in [7, 11) is 0. The molecule has 80 valence electrons. The fraction of sp³-hybridized carbons (Fsp3) is 1.00. The number of rotatable bonds is 5. The predicted molar refractivity (Wildman–Crippen MR) is 46.4 cm³/mol. The first-order chi connectivity index (χ1) is 5.83. The molecular formula is C8H17F3N2. The molecule has 0 saturated carbocycles. The van der Waals surface area contributed by atoms with Gasteiger partial charge in [0.05, 0.1) is 6.54 Å². The zero-order valence-electron chi connectivity index (χ0n) is 8.04. The molecule has 0 aliphatic rings. The van der Waals surface area contributed by atoms with Crippen molar-refractivity contribution in [3.05, 3.63) is 0 Å². The highest BCUT2D eigenvalue weighted by Gasteiger charge is 2.28. The van der Waals surface area contributed by atoms with E-state index >= 15 is 0 Å². The third-order valence-corrected chi connectivity index (χ3v) is 2.22. The smallest absolute Gasteiger partial charge is 0.330 e. The van der Waals surface area contributed by atoms with Gasteiger partial charge in [0.2, 0.25) is 0 Å². The van der Waals surface area contributed by atoms with Gasteiger partial charge in [-0.05, 0) is 18.4 Å². The molecule has 13 heavy (non-hydrogen) atoms. The Balaban J connectivity index is 3.74. The van der Waals surface area contributed by atoms with Crippen molar-refractivity contribution in [3.8, 4) is 0 Å². The van der Waals surface area contributed by atoms with Gasteiger partial charge in [0.15, 0.2) is 0 Å². The van der Waals surface area contributed by atoms with Crippen LogP contribution in [0, 0.1) is 5.41 Å². The average molecular weight is 198 g/mol. The van der Waals surface area contributed by atoms with Crippen molar-refractivity contribution in [1.82, 2.24) is 5.32 Å². The van der Waals surface area contributed by atoms with E-state index < -0.39 is 12.7 Å². The molecule has 0 amide bonds. The fourth-order valence-electron chi connectivity index (χ4n) is 0.848. The van der Waals surface area contributed by atoms with Crippen LogP contribution in [0.5, 0.6) is 0 Å². The molecule has 0 aromatic heterocycles. The fourth-order valence-corrected chi connectivity index (χ4v) is 0.848. The second-order valence-corrected chi connectivity index (χ2v) is 3.59. The summed E-state index contributed by atoms with van der Waals surface area (Å²) in [4.78, 5) is 0. The lowest BCUT2D eigenvalue weighted by Crippen LogP contribution is -2.41. The first-order valence-electron chi connectivity index (χ1n) is 4.30. The van der Waals surface area contributed by atoms with Crippen molar-refractivity contribution in [2.45, 2.75) is 26.4 Å². The Morgan fingerprint density at radius 1 is 1.23 bits per heavy atom. The van der Waals surface area contributed by atoms with Crippen LogP contribution in [0.4, 0.5) is 13.2 Å². The standard InChI is InChI=1S/C8H17F3N2/c1-3-7(2,4-12)5-13-6-8(9,10)11/h13H,3-6,12H2,1-2H3. The van der Waals surface area contributed by atoms with Gasteiger partial charge in [0, 0.05) is 6.54 Å². The van der Waals surface area contributed by atoms with Gasteiger partial charge in [0.1, 0.15) is 0 Å². The highest BCUT2D eigenvalue weighted by molar-refractivity contribution is 4.76. The molecule has 0 rings (SSSR count). The lowest BCUT2D eigenvalue weighted by Gasteiger charge is -2.26. The maximum absolute atomic E-state index is 11.7. The van der Waals surface area contributed by atoms with Gasteiger partial charge in [-0.15, -0.1) is 0 Å². The van der Waals surface area contributed by atoms with E-state index in [0.717, 1.165) is 6.42 Å². The van der Waals surface area contributed by atoms with E-state index in [4.69, 9.17) is 5.73 Å². The third-order valence-electron chi connectivity index (χ3n) is 2.22. The zero-order chi connectivity index (χ0) is 10.5. The Labute approximate surface area is 76.7 Å². The summed E-state index contributed by atoms with van der Waals surface area (Å²) in [5, 5.41) is 2.36. The first kappa shape index (κ1) is 12.7. The topological polar surface area (TPSA) is 38.0 Å². The molecule has 0 saturated heterocycles. The Kier molecular flexibility index (Phi) is 4.70. The van der Waals surface area contributed by atoms with E-state index in [1.165, 1.54) is 0 Å². The van der Waals surface area contributed by atoms with E-state index in [1.807, 2.05) is 13.8 Å². The predicted octanol–water partition coefficient (Wildman–Crippen LogP) is 1.51. The van der Waals surface area contributed by atoms with Crippen molar-refractivity contribution in [1.29, 1.82) is 0 Å².